The predicted octanol–water partition coefficient (Wildman–Crippen LogP) is 2.26. The van der Waals surface area contributed by atoms with Gasteiger partial charge in [0.05, 0.1) is 13.2 Å². The summed E-state index contributed by atoms with van der Waals surface area (Å²) in [6.07, 6.45) is 4.00. The first-order valence-electron chi connectivity index (χ1n) is 6.84. The molecular weight excluding hydrogens is 228 g/mol. The fourth-order valence-electron chi connectivity index (χ4n) is 4.07. The van der Waals surface area contributed by atoms with E-state index in [9.17, 15) is 5.11 Å². The molecule has 0 bridgehead atoms. The van der Waals surface area contributed by atoms with Crippen LogP contribution in [0, 0.1) is 5.92 Å². The van der Waals surface area contributed by atoms with E-state index in [1.165, 1.54) is 17.5 Å². The third kappa shape index (κ3) is 1.23. The van der Waals surface area contributed by atoms with Crippen molar-refractivity contribution in [1.29, 1.82) is 0 Å². The Kier molecular flexibility index (Phi) is 2.16. The Bertz CT molecular complexity index is 497. The van der Waals surface area contributed by atoms with Crippen LogP contribution in [0.2, 0.25) is 0 Å². The summed E-state index contributed by atoms with van der Waals surface area (Å²) in [5, 5.41) is 10.2. The molecule has 4 rings (SSSR count). The zero-order valence-electron chi connectivity index (χ0n) is 10.6. The topological polar surface area (TPSA) is 38.7 Å². The molecule has 1 N–H and O–H groups in total. The molecule has 2 unspecified atom stereocenters. The van der Waals surface area contributed by atoms with Crippen molar-refractivity contribution in [2.24, 2.45) is 5.92 Å². The average Bonchev–Trinajstić information content (AvgIpc) is 2.81. The number of aliphatic hydroxyl groups is 1. The molecule has 1 aromatic rings. The monoisotopic (exact) mass is 246 g/mol. The molecule has 18 heavy (non-hydrogen) atoms. The summed E-state index contributed by atoms with van der Waals surface area (Å²) in [5.41, 5.74) is 2.72. The lowest BCUT2D eigenvalue weighted by Crippen LogP contribution is -2.42. The second-order valence-corrected chi connectivity index (χ2v) is 5.72. The van der Waals surface area contributed by atoms with Crippen molar-refractivity contribution in [2.75, 3.05) is 7.11 Å². The van der Waals surface area contributed by atoms with Crippen LogP contribution in [0.4, 0.5) is 0 Å². The smallest absolute Gasteiger partial charge is 0.165 e. The van der Waals surface area contributed by atoms with Crippen molar-refractivity contribution in [2.45, 2.75) is 43.8 Å². The molecule has 0 spiro atoms. The Morgan fingerprint density at radius 2 is 2.17 bits per heavy atom. The van der Waals surface area contributed by atoms with Crippen LogP contribution >= 0.6 is 0 Å². The van der Waals surface area contributed by atoms with Gasteiger partial charge in [-0.3, -0.25) is 0 Å². The van der Waals surface area contributed by atoms with Crippen LogP contribution in [-0.4, -0.2) is 24.4 Å². The molecule has 1 aliphatic heterocycles. The van der Waals surface area contributed by atoms with Crippen LogP contribution in [-0.2, 0) is 6.42 Å². The first-order chi connectivity index (χ1) is 8.79. The molecule has 0 saturated heterocycles. The third-order valence-electron chi connectivity index (χ3n) is 4.92. The highest BCUT2D eigenvalue weighted by Crippen LogP contribution is 2.56. The number of aliphatic hydroxyl groups excluding tert-OH is 1. The highest BCUT2D eigenvalue weighted by molar-refractivity contribution is 5.57. The van der Waals surface area contributed by atoms with Gasteiger partial charge in [-0.1, -0.05) is 6.07 Å². The molecule has 2 aliphatic carbocycles. The lowest BCUT2D eigenvalue weighted by atomic mass is 9.67. The average molecular weight is 246 g/mol. The van der Waals surface area contributed by atoms with Crippen LogP contribution in [0.3, 0.4) is 0 Å². The van der Waals surface area contributed by atoms with Crippen LogP contribution < -0.4 is 9.47 Å². The predicted molar refractivity (Wildman–Crippen MR) is 67.2 cm³/mol. The third-order valence-corrected chi connectivity index (χ3v) is 4.92. The van der Waals surface area contributed by atoms with Crippen molar-refractivity contribution >= 4 is 0 Å². The molecule has 1 saturated carbocycles. The Morgan fingerprint density at radius 1 is 1.28 bits per heavy atom. The molecule has 3 heteroatoms. The molecule has 0 amide bonds. The quantitative estimate of drug-likeness (QED) is 0.826. The van der Waals surface area contributed by atoms with E-state index in [1.54, 1.807) is 7.11 Å². The number of ether oxygens (including phenoxy) is 2. The Morgan fingerprint density at radius 3 is 3.00 bits per heavy atom. The number of benzene rings is 1. The lowest BCUT2D eigenvalue weighted by molar-refractivity contribution is -0.0131. The van der Waals surface area contributed by atoms with Gasteiger partial charge in [-0.15, -0.1) is 0 Å². The highest BCUT2D eigenvalue weighted by atomic mass is 16.5. The molecule has 3 aliphatic rings. The largest absolute Gasteiger partial charge is 0.493 e. The van der Waals surface area contributed by atoms with Crippen LogP contribution in [0.25, 0.3) is 0 Å². The van der Waals surface area contributed by atoms with E-state index in [1.807, 2.05) is 6.07 Å². The van der Waals surface area contributed by atoms with Crippen LogP contribution in [0.5, 0.6) is 11.5 Å². The first-order valence-corrected chi connectivity index (χ1v) is 6.84. The van der Waals surface area contributed by atoms with E-state index in [2.05, 4.69) is 6.07 Å². The molecule has 4 atom stereocenters. The van der Waals surface area contributed by atoms with Gasteiger partial charge in [0.2, 0.25) is 0 Å². The number of hydrogen-bond donors (Lipinski definition) is 1. The lowest BCUT2D eigenvalue weighted by Gasteiger charge is -2.38. The zero-order valence-corrected chi connectivity index (χ0v) is 10.6. The maximum absolute atomic E-state index is 10.2. The van der Waals surface area contributed by atoms with Gasteiger partial charge in [-0.25, -0.2) is 0 Å². The molecule has 3 nitrogen and oxygen atoms in total. The fourth-order valence-corrected chi connectivity index (χ4v) is 4.07. The van der Waals surface area contributed by atoms with Gasteiger partial charge in [0.15, 0.2) is 11.5 Å². The summed E-state index contributed by atoms with van der Waals surface area (Å²) in [7, 11) is 1.68. The van der Waals surface area contributed by atoms with Crippen molar-refractivity contribution in [3.8, 4) is 11.5 Å². The fraction of sp³-hybridized carbons (Fsp3) is 0.600. The van der Waals surface area contributed by atoms with Gasteiger partial charge in [-0.2, -0.15) is 0 Å². The van der Waals surface area contributed by atoms with Crippen molar-refractivity contribution in [3.05, 3.63) is 23.3 Å². The number of rotatable bonds is 1. The molecule has 1 aromatic carbocycles. The Balaban J connectivity index is 1.90. The molecule has 96 valence electrons. The van der Waals surface area contributed by atoms with Gasteiger partial charge in [0.25, 0.3) is 0 Å². The number of methoxy groups -OCH3 is 1. The summed E-state index contributed by atoms with van der Waals surface area (Å²) in [4.78, 5) is 0. The van der Waals surface area contributed by atoms with E-state index in [4.69, 9.17) is 9.47 Å². The maximum atomic E-state index is 10.2. The molecule has 0 radical (unpaired) electrons. The van der Waals surface area contributed by atoms with Gasteiger partial charge in [0, 0.05) is 11.5 Å². The van der Waals surface area contributed by atoms with E-state index in [0.29, 0.717) is 11.8 Å². The molecular formula is C15H18O3. The molecule has 0 aromatic heterocycles. The van der Waals surface area contributed by atoms with Gasteiger partial charge >= 0.3 is 0 Å². The Hall–Kier alpha value is -1.22. The van der Waals surface area contributed by atoms with Gasteiger partial charge in [-0.05, 0) is 43.2 Å². The van der Waals surface area contributed by atoms with Gasteiger partial charge in [0.1, 0.15) is 6.10 Å². The standard InChI is InChI=1S/C15H18O3/c1-17-11-7-5-9-3-2-8-4-6-10(16)14-12(8)13(9)15(11)18-14/h5,7-8,10,12,14,16H,2-4,6H2,1H3/t8?,10-,12?,14-/m1/s1. The van der Waals surface area contributed by atoms with Crippen LogP contribution in [0.15, 0.2) is 12.1 Å². The summed E-state index contributed by atoms with van der Waals surface area (Å²) >= 11 is 0. The van der Waals surface area contributed by atoms with E-state index in [-0.39, 0.29) is 12.2 Å². The minimum atomic E-state index is -0.325. The van der Waals surface area contributed by atoms with Gasteiger partial charge < -0.3 is 14.6 Å². The van der Waals surface area contributed by atoms with E-state index < -0.39 is 0 Å². The number of hydrogen-bond acceptors (Lipinski definition) is 3. The summed E-state index contributed by atoms with van der Waals surface area (Å²) in [6, 6.07) is 4.17. The maximum Gasteiger partial charge on any atom is 0.165 e. The SMILES string of the molecule is COc1ccc2c3c1O[C@H]1C3C(CC2)CC[C@H]1O. The second kappa shape index (κ2) is 3.64. The second-order valence-electron chi connectivity index (χ2n) is 5.72. The molecule has 1 heterocycles. The number of aryl methyl sites for hydroxylation is 1. The van der Waals surface area contributed by atoms with Crippen molar-refractivity contribution in [3.63, 3.8) is 0 Å². The van der Waals surface area contributed by atoms with Crippen LogP contribution in [0.1, 0.15) is 36.3 Å². The first kappa shape index (κ1) is 10.7. The minimum Gasteiger partial charge on any atom is -0.493 e. The van der Waals surface area contributed by atoms with Crippen molar-refractivity contribution < 1.29 is 14.6 Å². The minimum absolute atomic E-state index is 0.0471. The highest BCUT2D eigenvalue weighted by Gasteiger charge is 2.50. The van der Waals surface area contributed by atoms with E-state index in [0.717, 1.165) is 30.8 Å². The summed E-state index contributed by atoms with van der Waals surface area (Å²) in [6.45, 7) is 0. The zero-order chi connectivity index (χ0) is 12.3. The Labute approximate surface area is 107 Å². The summed E-state index contributed by atoms with van der Waals surface area (Å²) < 4.78 is 11.5. The molecule has 1 fully saturated rings. The van der Waals surface area contributed by atoms with E-state index >= 15 is 0 Å². The normalized spacial score (nSPS) is 35.9. The van der Waals surface area contributed by atoms with Crippen molar-refractivity contribution in [1.82, 2.24) is 0 Å². The summed E-state index contributed by atoms with van der Waals surface area (Å²) in [5.74, 6) is 2.79.